The Bertz CT molecular complexity index is 841. The molecule has 0 spiro atoms. The molecule has 7 nitrogen and oxygen atoms in total. The first kappa shape index (κ1) is 15.3. The molecule has 4 heterocycles. The third-order valence-corrected chi connectivity index (χ3v) is 4.27. The van der Waals surface area contributed by atoms with Crippen LogP contribution >= 0.6 is 0 Å². The van der Waals surface area contributed by atoms with Gasteiger partial charge in [-0.05, 0) is 30.3 Å². The molecule has 1 saturated heterocycles. The van der Waals surface area contributed by atoms with Crippen LogP contribution in [0.25, 0.3) is 5.69 Å². The van der Waals surface area contributed by atoms with Crippen LogP contribution in [-0.2, 0) is 0 Å². The van der Waals surface area contributed by atoms with E-state index in [4.69, 9.17) is 0 Å². The van der Waals surface area contributed by atoms with Gasteiger partial charge >= 0.3 is 0 Å². The highest BCUT2D eigenvalue weighted by atomic mass is 16.2. The third-order valence-electron chi connectivity index (χ3n) is 4.27. The number of amides is 1. The van der Waals surface area contributed by atoms with Crippen molar-refractivity contribution < 1.29 is 4.79 Å². The van der Waals surface area contributed by atoms with Gasteiger partial charge in [0, 0.05) is 62.9 Å². The average molecular weight is 334 g/mol. The lowest BCUT2D eigenvalue weighted by Gasteiger charge is -2.34. The van der Waals surface area contributed by atoms with Crippen molar-refractivity contribution in [1.82, 2.24) is 24.4 Å². The van der Waals surface area contributed by atoms with E-state index in [2.05, 4.69) is 19.9 Å². The molecule has 1 aliphatic rings. The zero-order valence-corrected chi connectivity index (χ0v) is 13.7. The SMILES string of the molecule is O=C(c1cc(-n2cccc2)ccn1)N1CCN(c2ncccn2)CC1. The maximum atomic E-state index is 12.8. The second-order valence-corrected chi connectivity index (χ2v) is 5.82. The molecule has 0 saturated carbocycles. The van der Waals surface area contributed by atoms with Crippen molar-refractivity contribution in [3.63, 3.8) is 0 Å². The minimum Gasteiger partial charge on any atom is -0.337 e. The Hall–Kier alpha value is -3.22. The number of hydrogen-bond donors (Lipinski definition) is 0. The summed E-state index contributed by atoms with van der Waals surface area (Å²) in [6.07, 6.45) is 9.04. The molecular weight excluding hydrogens is 316 g/mol. The quantitative estimate of drug-likeness (QED) is 0.728. The molecule has 0 bridgehead atoms. The van der Waals surface area contributed by atoms with E-state index < -0.39 is 0 Å². The zero-order valence-electron chi connectivity index (χ0n) is 13.7. The van der Waals surface area contributed by atoms with Crippen molar-refractivity contribution in [1.29, 1.82) is 0 Å². The molecule has 1 aliphatic heterocycles. The number of hydrogen-bond acceptors (Lipinski definition) is 5. The fourth-order valence-corrected chi connectivity index (χ4v) is 2.93. The van der Waals surface area contributed by atoms with E-state index in [1.54, 1.807) is 24.7 Å². The van der Waals surface area contributed by atoms with E-state index in [9.17, 15) is 4.79 Å². The summed E-state index contributed by atoms with van der Waals surface area (Å²) in [4.78, 5) is 29.5. The molecule has 3 aromatic heterocycles. The lowest BCUT2D eigenvalue weighted by atomic mass is 10.2. The van der Waals surface area contributed by atoms with Crippen LogP contribution in [0.3, 0.4) is 0 Å². The smallest absolute Gasteiger partial charge is 0.272 e. The minimum absolute atomic E-state index is 0.0392. The Kier molecular flexibility index (Phi) is 4.12. The highest BCUT2D eigenvalue weighted by Crippen LogP contribution is 2.14. The van der Waals surface area contributed by atoms with Crippen LogP contribution in [0.4, 0.5) is 5.95 Å². The van der Waals surface area contributed by atoms with Crippen molar-refractivity contribution >= 4 is 11.9 Å². The second-order valence-electron chi connectivity index (χ2n) is 5.82. The topological polar surface area (TPSA) is 67.2 Å². The molecule has 0 unspecified atom stereocenters. The second kappa shape index (κ2) is 6.72. The number of carbonyl (C=O) groups excluding carboxylic acids is 1. The minimum atomic E-state index is -0.0392. The van der Waals surface area contributed by atoms with Gasteiger partial charge in [-0.2, -0.15) is 0 Å². The van der Waals surface area contributed by atoms with Gasteiger partial charge in [-0.25, -0.2) is 9.97 Å². The number of pyridine rings is 1. The molecule has 0 aromatic carbocycles. The van der Waals surface area contributed by atoms with Crippen molar-refractivity contribution in [3.05, 3.63) is 67.0 Å². The Morgan fingerprint density at radius 2 is 1.60 bits per heavy atom. The van der Waals surface area contributed by atoms with Gasteiger partial charge in [0.2, 0.25) is 5.95 Å². The van der Waals surface area contributed by atoms with Gasteiger partial charge in [0.1, 0.15) is 5.69 Å². The van der Waals surface area contributed by atoms with E-state index in [0.29, 0.717) is 37.8 Å². The molecule has 126 valence electrons. The highest BCUT2D eigenvalue weighted by Gasteiger charge is 2.24. The van der Waals surface area contributed by atoms with E-state index in [1.807, 2.05) is 46.1 Å². The Labute approximate surface area is 145 Å². The number of anilines is 1. The summed E-state index contributed by atoms with van der Waals surface area (Å²) in [5.41, 5.74) is 1.40. The standard InChI is InChI=1S/C18H18N6O/c25-17(16-14-15(4-7-19-16)22-8-1-2-9-22)23-10-12-24(13-11-23)18-20-5-3-6-21-18/h1-9,14H,10-13H2. The molecule has 3 aromatic rings. The molecule has 0 N–H and O–H groups in total. The summed E-state index contributed by atoms with van der Waals surface area (Å²) in [5, 5.41) is 0. The predicted octanol–water partition coefficient (Wildman–Crippen LogP) is 1.62. The van der Waals surface area contributed by atoms with Crippen LogP contribution < -0.4 is 4.90 Å². The van der Waals surface area contributed by atoms with Gasteiger partial charge in [-0.15, -0.1) is 0 Å². The first-order chi connectivity index (χ1) is 12.3. The maximum Gasteiger partial charge on any atom is 0.272 e. The summed E-state index contributed by atoms with van der Waals surface area (Å²) < 4.78 is 1.96. The van der Waals surface area contributed by atoms with E-state index in [0.717, 1.165) is 5.69 Å². The number of piperazine rings is 1. The lowest BCUT2D eigenvalue weighted by molar-refractivity contribution is 0.0740. The molecule has 1 amide bonds. The average Bonchev–Trinajstić information content (AvgIpc) is 3.23. The number of rotatable bonds is 3. The van der Waals surface area contributed by atoms with E-state index >= 15 is 0 Å². The predicted molar refractivity (Wildman–Crippen MR) is 93.7 cm³/mol. The number of aromatic nitrogens is 4. The van der Waals surface area contributed by atoms with Crippen LogP contribution in [0.15, 0.2) is 61.3 Å². The van der Waals surface area contributed by atoms with Gasteiger partial charge in [0.15, 0.2) is 0 Å². The largest absolute Gasteiger partial charge is 0.337 e. The Balaban J connectivity index is 1.45. The van der Waals surface area contributed by atoms with Crippen LogP contribution in [0, 0.1) is 0 Å². The molecule has 0 aliphatic carbocycles. The van der Waals surface area contributed by atoms with E-state index in [-0.39, 0.29) is 5.91 Å². The molecule has 1 fully saturated rings. The molecule has 4 rings (SSSR count). The molecule has 0 radical (unpaired) electrons. The zero-order chi connectivity index (χ0) is 17.1. The summed E-state index contributed by atoms with van der Waals surface area (Å²) in [5.74, 6) is 0.671. The monoisotopic (exact) mass is 334 g/mol. The van der Waals surface area contributed by atoms with Crippen molar-refractivity contribution in [2.75, 3.05) is 31.1 Å². The van der Waals surface area contributed by atoms with Crippen molar-refractivity contribution in [2.24, 2.45) is 0 Å². The number of nitrogens with zero attached hydrogens (tertiary/aromatic N) is 6. The van der Waals surface area contributed by atoms with Gasteiger partial charge in [0.05, 0.1) is 0 Å². The van der Waals surface area contributed by atoms with Crippen LogP contribution in [0.2, 0.25) is 0 Å². The van der Waals surface area contributed by atoms with Gasteiger partial charge < -0.3 is 14.4 Å². The maximum absolute atomic E-state index is 12.8. The van der Waals surface area contributed by atoms with Gasteiger partial charge in [0.25, 0.3) is 5.91 Å². The fraction of sp³-hybridized carbons (Fsp3) is 0.222. The van der Waals surface area contributed by atoms with Crippen LogP contribution in [0.5, 0.6) is 0 Å². The lowest BCUT2D eigenvalue weighted by Crippen LogP contribution is -2.49. The Morgan fingerprint density at radius 3 is 2.32 bits per heavy atom. The van der Waals surface area contributed by atoms with Gasteiger partial charge in [-0.1, -0.05) is 0 Å². The molecule has 7 heteroatoms. The first-order valence-corrected chi connectivity index (χ1v) is 8.22. The summed E-state index contributed by atoms with van der Waals surface area (Å²) >= 11 is 0. The normalized spacial score (nSPS) is 14.6. The van der Waals surface area contributed by atoms with Crippen LogP contribution in [0.1, 0.15) is 10.5 Å². The summed E-state index contributed by atoms with van der Waals surface area (Å²) in [7, 11) is 0. The summed E-state index contributed by atoms with van der Waals surface area (Å²) in [6.45, 7) is 2.69. The molecule has 0 atom stereocenters. The number of carbonyl (C=O) groups is 1. The Morgan fingerprint density at radius 1 is 0.880 bits per heavy atom. The fourth-order valence-electron chi connectivity index (χ4n) is 2.93. The molecular formula is C18H18N6O. The van der Waals surface area contributed by atoms with Crippen molar-refractivity contribution in [3.8, 4) is 5.69 Å². The van der Waals surface area contributed by atoms with E-state index in [1.165, 1.54) is 0 Å². The third kappa shape index (κ3) is 3.21. The summed E-state index contributed by atoms with van der Waals surface area (Å²) in [6, 6.07) is 9.42. The van der Waals surface area contributed by atoms with Crippen LogP contribution in [-0.4, -0.2) is 56.5 Å². The van der Waals surface area contributed by atoms with Gasteiger partial charge in [-0.3, -0.25) is 9.78 Å². The molecule has 25 heavy (non-hydrogen) atoms. The van der Waals surface area contributed by atoms with Crippen molar-refractivity contribution in [2.45, 2.75) is 0 Å². The highest BCUT2D eigenvalue weighted by molar-refractivity contribution is 5.93. The first-order valence-electron chi connectivity index (χ1n) is 8.22.